The lowest BCUT2D eigenvalue weighted by Gasteiger charge is -2.36. The molecule has 0 aromatic rings. The van der Waals surface area contributed by atoms with Crippen molar-refractivity contribution in [1.82, 2.24) is 14.3 Å². The molecule has 3 amide bonds. The number of ether oxygens (including phenoxy) is 1. The maximum Gasteiger partial charge on any atom is 0.422 e. The maximum absolute atomic E-state index is 11.3. The van der Waals surface area contributed by atoms with Gasteiger partial charge in [-0.05, 0) is 0 Å². The van der Waals surface area contributed by atoms with Crippen molar-refractivity contribution in [3.05, 3.63) is 0 Å². The van der Waals surface area contributed by atoms with E-state index in [1.165, 1.54) is 4.72 Å². The molecule has 0 aromatic carbocycles. The molecule has 0 spiro atoms. The highest BCUT2D eigenvalue weighted by Crippen LogP contribution is 2.14. The monoisotopic (exact) mass is 267 g/mol. The minimum Gasteiger partial charge on any atom is -0.465 e. The van der Waals surface area contributed by atoms with Crippen LogP contribution in [0.5, 0.6) is 0 Å². The molecule has 1 aliphatic rings. The molecule has 17 heavy (non-hydrogen) atoms. The van der Waals surface area contributed by atoms with Gasteiger partial charge in [-0.3, -0.25) is 4.79 Å². The molecule has 96 valence electrons. The van der Waals surface area contributed by atoms with Gasteiger partial charge < -0.3 is 15.2 Å². The van der Waals surface area contributed by atoms with E-state index in [1.807, 2.05) is 5.32 Å². The lowest BCUT2D eigenvalue weighted by atomic mass is 10.2. The third kappa shape index (κ3) is 2.75. The number of hydrogen-bond acceptors (Lipinski definition) is 6. The van der Waals surface area contributed by atoms with Gasteiger partial charge in [0.25, 0.3) is 5.91 Å². The van der Waals surface area contributed by atoms with Crippen molar-refractivity contribution < 1.29 is 32.6 Å². The summed E-state index contributed by atoms with van der Waals surface area (Å²) in [6, 6.07) is -1.12. The second-order valence-electron chi connectivity index (χ2n) is 2.97. The molecule has 0 saturated carbocycles. The van der Waals surface area contributed by atoms with Crippen molar-refractivity contribution in [1.29, 1.82) is 0 Å². The highest BCUT2D eigenvalue weighted by Gasteiger charge is 2.45. The zero-order chi connectivity index (χ0) is 13.2. The average Bonchev–Trinajstić information content (AvgIpc) is 2.21. The number of carboxylic acid groups (broad SMARTS) is 1. The normalized spacial score (nSPS) is 19.2. The van der Waals surface area contributed by atoms with Crippen LogP contribution in [0, 0.1) is 0 Å². The molecule has 3 N–H and O–H groups in total. The van der Waals surface area contributed by atoms with Gasteiger partial charge in [-0.2, -0.15) is 8.42 Å². The molecule has 1 fully saturated rings. The van der Waals surface area contributed by atoms with Gasteiger partial charge >= 0.3 is 22.4 Å². The number of amides is 3. The first-order valence-electron chi connectivity index (χ1n) is 4.19. The Morgan fingerprint density at radius 3 is 2.53 bits per heavy atom. The van der Waals surface area contributed by atoms with Crippen molar-refractivity contribution >= 4 is 28.3 Å². The molecule has 1 atom stereocenters. The van der Waals surface area contributed by atoms with Crippen LogP contribution in [-0.2, 0) is 19.7 Å². The molecule has 10 nitrogen and oxygen atoms in total. The van der Waals surface area contributed by atoms with Crippen LogP contribution < -0.4 is 10.0 Å². The third-order valence-corrected chi connectivity index (χ3v) is 3.21. The first-order chi connectivity index (χ1) is 7.77. The van der Waals surface area contributed by atoms with Gasteiger partial charge in [-0.25, -0.2) is 18.6 Å². The van der Waals surface area contributed by atoms with E-state index >= 15 is 0 Å². The Labute approximate surface area is 95.7 Å². The molecule has 0 radical (unpaired) electrons. The van der Waals surface area contributed by atoms with Gasteiger partial charge in [-0.1, -0.05) is 0 Å². The maximum atomic E-state index is 11.3. The van der Waals surface area contributed by atoms with Crippen LogP contribution >= 0.6 is 0 Å². The van der Waals surface area contributed by atoms with Gasteiger partial charge in [0, 0.05) is 0 Å². The number of β-lactam (4-membered cyclic amide) rings is 1. The smallest absolute Gasteiger partial charge is 0.422 e. The summed E-state index contributed by atoms with van der Waals surface area (Å²) in [5.74, 6) is -0.969. The lowest BCUT2D eigenvalue weighted by molar-refractivity contribution is -0.136. The first-order valence-corrected chi connectivity index (χ1v) is 5.63. The molecular weight excluding hydrogens is 258 g/mol. The highest BCUT2D eigenvalue weighted by atomic mass is 32.2. The van der Waals surface area contributed by atoms with E-state index in [4.69, 9.17) is 5.11 Å². The second-order valence-corrected chi connectivity index (χ2v) is 4.57. The average molecular weight is 267 g/mol. The lowest BCUT2D eigenvalue weighted by Crippen LogP contribution is -2.67. The number of rotatable bonds is 3. The number of hydrogen-bond donors (Lipinski definition) is 3. The molecular formula is C6H9N3O7S. The Balaban J connectivity index is 2.63. The first kappa shape index (κ1) is 13.0. The van der Waals surface area contributed by atoms with Gasteiger partial charge in [0.2, 0.25) is 0 Å². The fourth-order valence-electron chi connectivity index (χ4n) is 1.07. The van der Waals surface area contributed by atoms with Crippen LogP contribution in [-0.4, -0.2) is 55.6 Å². The van der Waals surface area contributed by atoms with E-state index in [0.29, 0.717) is 4.31 Å². The van der Waals surface area contributed by atoms with Crippen molar-refractivity contribution in [2.45, 2.75) is 6.04 Å². The van der Waals surface area contributed by atoms with E-state index in [-0.39, 0.29) is 6.54 Å². The summed E-state index contributed by atoms with van der Waals surface area (Å²) in [4.78, 5) is 32.1. The molecule has 1 saturated heterocycles. The number of carbonyl (C=O) groups is 3. The van der Waals surface area contributed by atoms with Crippen LogP contribution in [0.3, 0.4) is 0 Å². The number of carbonyl (C=O) groups excluding carboxylic acids is 2. The minimum absolute atomic E-state index is 0.324. The predicted octanol–water partition coefficient (Wildman–Crippen LogP) is -1.93. The fourth-order valence-corrected chi connectivity index (χ4v) is 2.18. The SMILES string of the molecule is COC(=O)NS(=O)(=O)N1CC(NC(=O)O)C1=O. The Kier molecular flexibility index (Phi) is 3.41. The molecule has 1 aliphatic heterocycles. The Bertz CT molecular complexity index is 458. The second kappa shape index (κ2) is 4.45. The molecule has 11 heteroatoms. The van der Waals surface area contributed by atoms with Crippen molar-refractivity contribution in [3.63, 3.8) is 0 Å². The van der Waals surface area contributed by atoms with Gasteiger partial charge in [0.05, 0.1) is 13.7 Å². The molecule has 0 aliphatic carbocycles. The zero-order valence-corrected chi connectivity index (χ0v) is 9.35. The van der Waals surface area contributed by atoms with Crippen molar-refractivity contribution in [3.8, 4) is 0 Å². The number of nitrogens with one attached hydrogen (secondary N) is 2. The fraction of sp³-hybridized carbons (Fsp3) is 0.500. The molecule has 1 heterocycles. The summed E-state index contributed by atoms with van der Waals surface area (Å²) in [6.07, 6.45) is -2.69. The topological polar surface area (TPSA) is 142 Å². The summed E-state index contributed by atoms with van der Waals surface area (Å²) in [5, 5.41) is 10.1. The summed E-state index contributed by atoms with van der Waals surface area (Å²) in [6.45, 7) is -0.378. The summed E-state index contributed by atoms with van der Waals surface area (Å²) in [7, 11) is -3.37. The number of nitrogens with zero attached hydrogens (tertiary/aromatic N) is 1. The van der Waals surface area contributed by atoms with E-state index in [9.17, 15) is 22.8 Å². The summed E-state index contributed by atoms with van der Waals surface area (Å²) < 4.78 is 28.5. The zero-order valence-electron chi connectivity index (χ0n) is 8.54. The Hall–Kier alpha value is -2.04. The van der Waals surface area contributed by atoms with E-state index in [1.54, 1.807) is 0 Å². The molecule has 0 bridgehead atoms. The van der Waals surface area contributed by atoms with Gasteiger partial charge in [0.15, 0.2) is 0 Å². The van der Waals surface area contributed by atoms with Gasteiger partial charge in [-0.15, -0.1) is 0 Å². The Morgan fingerprint density at radius 2 is 2.12 bits per heavy atom. The quantitative estimate of drug-likeness (QED) is 0.505. The van der Waals surface area contributed by atoms with E-state index in [0.717, 1.165) is 7.11 Å². The molecule has 1 rings (SSSR count). The third-order valence-electron chi connectivity index (χ3n) is 1.88. The minimum atomic E-state index is -4.33. The Morgan fingerprint density at radius 1 is 1.53 bits per heavy atom. The summed E-state index contributed by atoms with van der Waals surface area (Å²) >= 11 is 0. The number of methoxy groups -OCH3 is 1. The van der Waals surface area contributed by atoms with Crippen LogP contribution in [0.4, 0.5) is 9.59 Å². The van der Waals surface area contributed by atoms with Gasteiger partial charge in [0.1, 0.15) is 6.04 Å². The largest absolute Gasteiger partial charge is 0.465 e. The molecule has 0 aromatic heterocycles. The van der Waals surface area contributed by atoms with E-state index in [2.05, 4.69) is 4.74 Å². The van der Waals surface area contributed by atoms with Crippen LogP contribution in [0.15, 0.2) is 0 Å². The predicted molar refractivity (Wildman–Crippen MR) is 51.1 cm³/mol. The summed E-state index contributed by atoms with van der Waals surface area (Å²) in [5.41, 5.74) is 0. The molecule has 1 unspecified atom stereocenters. The van der Waals surface area contributed by atoms with Crippen LogP contribution in [0.25, 0.3) is 0 Å². The van der Waals surface area contributed by atoms with Crippen LogP contribution in [0.1, 0.15) is 0 Å². The standard InChI is InChI=1S/C6H9N3O7S/c1-16-6(13)8-17(14,15)9-2-3(4(9)10)7-5(11)12/h3,7H,2H2,1H3,(H,8,13)(H,11,12). The van der Waals surface area contributed by atoms with E-state index < -0.39 is 34.3 Å². The highest BCUT2D eigenvalue weighted by molar-refractivity contribution is 7.88. The van der Waals surface area contributed by atoms with Crippen molar-refractivity contribution in [2.24, 2.45) is 0 Å². The van der Waals surface area contributed by atoms with Crippen LogP contribution in [0.2, 0.25) is 0 Å². The van der Waals surface area contributed by atoms with Crippen molar-refractivity contribution in [2.75, 3.05) is 13.7 Å².